The molecule has 0 unspecified atom stereocenters. The molecule has 3 nitrogen and oxygen atoms in total. The number of nitrogens with zero attached hydrogens (tertiary/aromatic N) is 2. The Morgan fingerprint density at radius 3 is 2.62 bits per heavy atom. The van der Waals surface area contributed by atoms with Crippen molar-refractivity contribution in [2.24, 2.45) is 0 Å². The van der Waals surface area contributed by atoms with Gasteiger partial charge in [0, 0.05) is 6.54 Å². The summed E-state index contributed by atoms with van der Waals surface area (Å²) in [5.41, 5.74) is 10.3. The quantitative estimate of drug-likeness (QED) is 0.773. The van der Waals surface area contributed by atoms with Crippen LogP contribution in [0.4, 0.5) is 5.95 Å². The van der Waals surface area contributed by atoms with Crippen molar-refractivity contribution < 1.29 is 0 Å². The molecule has 0 aliphatic rings. The van der Waals surface area contributed by atoms with Gasteiger partial charge < -0.3 is 10.3 Å². The summed E-state index contributed by atoms with van der Waals surface area (Å²) >= 11 is 12.1. The van der Waals surface area contributed by atoms with Crippen LogP contribution in [0.25, 0.3) is 11.0 Å². The van der Waals surface area contributed by atoms with Crippen LogP contribution in [-0.2, 0) is 13.0 Å². The number of hydrogen-bond donors (Lipinski definition) is 1. The van der Waals surface area contributed by atoms with Gasteiger partial charge in [-0.3, -0.25) is 0 Å². The zero-order valence-electron chi connectivity index (χ0n) is 11.6. The van der Waals surface area contributed by atoms with E-state index in [1.54, 1.807) is 6.07 Å². The fraction of sp³-hybridized carbons (Fsp3) is 0.188. The minimum Gasteiger partial charge on any atom is -0.369 e. The Labute approximate surface area is 133 Å². The van der Waals surface area contributed by atoms with E-state index in [4.69, 9.17) is 28.9 Å². The zero-order valence-corrected chi connectivity index (χ0v) is 13.1. The van der Waals surface area contributed by atoms with E-state index in [9.17, 15) is 0 Å². The largest absolute Gasteiger partial charge is 0.369 e. The van der Waals surface area contributed by atoms with Crippen LogP contribution >= 0.6 is 23.2 Å². The first-order valence-electron chi connectivity index (χ1n) is 6.71. The number of benzene rings is 2. The fourth-order valence-electron chi connectivity index (χ4n) is 2.50. The predicted molar refractivity (Wildman–Crippen MR) is 89.0 cm³/mol. The van der Waals surface area contributed by atoms with Crippen LogP contribution in [0.15, 0.2) is 36.4 Å². The molecule has 5 heteroatoms. The predicted octanol–water partition coefficient (Wildman–Crippen LogP) is 4.48. The summed E-state index contributed by atoms with van der Waals surface area (Å²) in [4.78, 5) is 4.35. The number of fused-ring (bicyclic) bond motifs is 1. The number of rotatable bonds is 3. The lowest BCUT2D eigenvalue weighted by atomic mass is 10.1. The highest BCUT2D eigenvalue weighted by atomic mass is 35.5. The monoisotopic (exact) mass is 319 g/mol. The van der Waals surface area contributed by atoms with Crippen molar-refractivity contribution >= 4 is 40.2 Å². The topological polar surface area (TPSA) is 43.8 Å². The SMILES string of the molecule is Cc1ccccc1CCn1c(N)nc2cc(Cl)c(Cl)cc21. The van der Waals surface area contributed by atoms with Crippen LogP contribution in [0.2, 0.25) is 10.0 Å². The molecule has 0 bridgehead atoms. The van der Waals surface area contributed by atoms with Gasteiger partial charge in [0.1, 0.15) is 0 Å². The van der Waals surface area contributed by atoms with Crippen molar-refractivity contribution in [2.75, 3.05) is 5.73 Å². The molecule has 0 spiro atoms. The molecular formula is C16H15Cl2N3. The highest BCUT2D eigenvalue weighted by molar-refractivity contribution is 6.42. The van der Waals surface area contributed by atoms with Gasteiger partial charge in [0.25, 0.3) is 0 Å². The van der Waals surface area contributed by atoms with E-state index in [2.05, 4.69) is 24.0 Å². The van der Waals surface area contributed by atoms with Gasteiger partial charge >= 0.3 is 0 Å². The van der Waals surface area contributed by atoms with Crippen LogP contribution in [0.1, 0.15) is 11.1 Å². The molecule has 0 radical (unpaired) electrons. The average molecular weight is 320 g/mol. The first-order chi connectivity index (χ1) is 10.1. The summed E-state index contributed by atoms with van der Waals surface area (Å²) in [7, 11) is 0. The van der Waals surface area contributed by atoms with Crippen LogP contribution in [-0.4, -0.2) is 9.55 Å². The van der Waals surface area contributed by atoms with Crippen LogP contribution < -0.4 is 5.73 Å². The van der Waals surface area contributed by atoms with Crippen LogP contribution in [0, 0.1) is 6.92 Å². The number of anilines is 1. The van der Waals surface area contributed by atoms with Crippen molar-refractivity contribution in [3.05, 3.63) is 57.6 Å². The molecule has 3 aromatic rings. The second-order valence-electron chi connectivity index (χ2n) is 5.05. The fourth-order valence-corrected chi connectivity index (χ4v) is 2.81. The highest BCUT2D eigenvalue weighted by Crippen LogP contribution is 2.29. The minimum absolute atomic E-state index is 0.483. The molecule has 108 valence electrons. The highest BCUT2D eigenvalue weighted by Gasteiger charge is 2.11. The standard InChI is InChI=1S/C16H15Cl2N3/c1-10-4-2-3-5-11(10)6-7-21-15-9-13(18)12(17)8-14(15)20-16(21)19/h2-5,8-9H,6-7H2,1H3,(H2,19,20). The molecule has 0 amide bonds. The molecule has 0 aliphatic carbocycles. The molecule has 0 atom stereocenters. The van der Waals surface area contributed by atoms with E-state index in [0.717, 1.165) is 24.0 Å². The summed E-state index contributed by atoms with van der Waals surface area (Å²) in [6.07, 6.45) is 0.891. The lowest BCUT2D eigenvalue weighted by Gasteiger charge is -2.09. The molecule has 21 heavy (non-hydrogen) atoms. The number of halogens is 2. The summed E-state index contributed by atoms with van der Waals surface area (Å²) in [5, 5.41) is 1.01. The number of imidazole rings is 1. The molecule has 0 fully saturated rings. The Morgan fingerprint density at radius 2 is 1.86 bits per heavy atom. The first kappa shape index (κ1) is 14.2. The summed E-state index contributed by atoms with van der Waals surface area (Å²) in [6.45, 7) is 2.87. The Hall–Kier alpha value is -1.71. The number of nitrogen functional groups attached to an aromatic ring is 1. The lowest BCUT2D eigenvalue weighted by molar-refractivity contribution is 0.723. The van der Waals surface area contributed by atoms with Gasteiger partial charge in [0.2, 0.25) is 5.95 Å². The third-order valence-electron chi connectivity index (χ3n) is 3.69. The van der Waals surface area contributed by atoms with Crippen LogP contribution in [0.5, 0.6) is 0 Å². The molecular weight excluding hydrogens is 305 g/mol. The molecule has 3 rings (SSSR count). The van der Waals surface area contributed by atoms with Gasteiger partial charge in [0.05, 0.1) is 21.1 Å². The molecule has 2 aromatic carbocycles. The molecule has 0 aliphatic heterocycles. The lowest BCUT2D eigenvalue weighted by Crippen LogP contribution is -2.06. The van der Waals surface area contributed by atoms with Gasteiger partial charge in [-0.2, -0.15) is 0 Å². The Morgan fingerprint density at radius 1 is 1.14 bits per heavy atom. The van der Waals surface area contributed by atoms with Crippen molar-refractivity contribution in [1.29, 1.82) is 0 Å². The molecule has 1 aromatic heterocycles. The average Bonchev–Trinajstić information content (AvgIpc) is 2.74. The number of nitrogens with two attached hydrogens (primary N) is 1. The van der Waals surface area contributed by atoms with Crippen molar-refractivity contribution in [3.8, 4) is 0 Å². The molecule has 2 N–H and O–H groups in total. The normalized spacial score (nSPS) is 11.2. The summed E-state index contributed by atoms with van der Waals surface area (Å²) < 4.78 is 1.98. The Balaban J connectivity index is 1.95. The van der Waals surface area contributed by atoms with E-state index >= 15 is 0 Å². The van der Waals surface area contributed by atoms with Gasteiger partial charge in [0.15, 0.2) is 0 Å². The third kappa shape index (κ3) is 2.71. The van der Waals surface area contributed by atoms with Gasteiger partial charge in [-0.1, -0.05) is 47.5 Å². The van der Waals surface area contributed by atoms with Crippen molar-refractivity contribution in [3.63, 3.8) is 0 Å². The van der Waals surface area contributed by atoms with Crippen LogP contribution in [0.3, 0.4) is 0 Å². The van der Waals surface area contributed by atoms with E-state index < -0.39 is 0 Å². The zero-order chi connectivity index (χ0) is 15.0. The number of aryl methyl sites for hydroxylation is 3. The van der Waals surface area contributed by atoms with E-state index in [1.807, 2.05) is 22.8 Å². The Kier molecular flexibility index (Phi) is 3.79. The second kappa shape index (κ2) is 5.58. The maximum atomic E-state index is 6.10. The Bertz CT molecular complexity index is 809. The van der Waals surface area contributed by atoms with Gasteiger partial charge in [-0.15, -0.1) is 0 Å². The van der Waals surface area contributed by atoms with Gasteiger partial charge in [-0.05, 0) is 36.6 Å². The first-order valence-corrected chi connectivity index (χ1v) is 7.47. The van der Waals surface area contributed by atoms with Crippen molar-refractivity contribution in [1.82, 2.24) is 9.55 Å². The van der Waals surface area contributed by atoms with E-state index in [0.29, 0.717) is 16.0 Å². The maximum absolute atomic E-state index is 6.10. The third-order valence-corrected chi connectivity index (χ3v) is 4.41. The van der Waals surface area contributed by atoms with Gasteiger partial charge in [-0.25, -0.2) is 4.98 Å². The molecule has 1 heterocycles. The molecule has 0 saturated heterocycles. The maximum Gasteiger partial charge on any atom is 0.201 e. The smallest absolute Gasteiger partial charge is 0.201 e. The van der Waals surface area contributed by atoms with E-state index in [1.165, 1.54) is 11.1 Å². The van der Waals surface area contributed by atoms with Crippen molar-refractivity contribution in [2.45, 2.75) is 19.9 Å². The molecule has 0 saturated carbocycles. The minimum atomic E-state index is 0.483. The number of aromatic nitrogens is 2. The second-order valence-corrected chi connectivity index (χ2v) is 5.87. The number of hydrogen-bond acceptors (Lipinski definition) is 2. The van der Waals surface area contributed by atoms with E-state index in [-0.39, 0.29) is 0 Å². The summed E-state index contributed by atoms with van der Waals surface area (Å²) in [6, 6.07) is 11.9. The summed E-state index contributed by atoms with van der Waals surface area (Å²) in [5.74, 6) is 0.483.